The molecule has 2 saturated heterocycles. The van der Waals surface area contributed by atoms with Gasteiger partial charge in [0, 0.05) is 13.0 Å². The molecule has 0 spiro atoms. The minimum atomic E-state index is -0.294. The number of hydrogen-bond acceptors (Lipinski definition) is 5. The van der Waals surface area contributed by atoms with Gasteiger partial charge in [-0.15, -0.1) is 0 Å². The second kappa shape index (κ2) is 5.38. The number of carbonyl (C=O) groups excluding carboxylic acids is 2. The Balaban J connectivity index is 1.78. The fraction of sp³-hybridized carbons (Fsp3) is 0.800. The van der Waals surface area contributed by atoms with E-state index in [2.05, 4.69) is 0 Å². The lowest BCUT2D eigenvalue weighted by Gasteiger charge is -2.28. The van der Waals surface area contributed by atoms with Crippen LogP contribution in [-0.2, 0) is 23.8 Å². The molecule has 2 rings (SSSR count). The highest BCUT2D eigenvalue weighted by atomic mass is 16.7. The molecule has 0 radical (unpaired) electrons. The van der Waals surface area contributed by atoms with Gasteiger partial charge in [0.2, 0.25) is 0 Å². The highest BCUT2D eigenvalue weighted by Crippen LogP contribution is 2.10. The third-order valence-corrected chi connectivity index (χ3v) is 2.54. The Morgan fingerprint density at radius 2 is 1.75 bits per heavy atom. The monoisotopic (exact) mass is 229 g/mol. The smallest absolute Gasteiger partial charge is 0.255 e. The minimum Gasteiger partial charge on any atom is -0.362 e. The average molecular weight is 229 g/mol. The molecule has 0 unspecified atom stereocenters. The molecule has 2 heterocycles. The molecule has 0 aromatic heterocycles. The molecule has 2 fully saturated rings. The van der Waals surface area contributed by atoms with Crippen LogP contribution in [0.2, 0.25) is 0 Å². The van der Waals surface area contributed by atoms with Gasteiger partial charge in [0.25, 0.3) is 11.8 Å². The Morgan fingerprint density at radius 3 is 2.38 bits per heavy atom. The fourth-order valence-electron chi connectivity index (χ4n) is 1.71. The molecule has 0 N–H and O–H groups in total. The zero-order valence-corrected chi connectivity index (χ0v) is 9.02. The quantitative estimate of drug-likeness (QED) is 0.612. The first-order valence-corrected chi connectivity index (χ1v) is 5.41. The Labute approximate surface area is 93.4 Å². The second-order valence-corrected chi connectivity index (χ2v) is 3.75. The first kappa shape index (κ1) is 11.5. The maximum Gasteiger partial charge on any atom is 0.255 e. The largest absolute Gasteiger partial charge is 0.362 e. The van der Waals surface area contributed by atoms with E-state index in [9.17, 15) is 9.59 Å². The van der Waals surface area contributed by atoms with Gasteiger partial charge in [-0.3, -0.25) is 14.5 Å². The van der Waals surface area contributed by atoms with Gasteiger partial charge < -0.3 is 14.2 Å². The van der Waals surface area contributed by atoms with Gasteiger partial charge >= 0.3 is 0 Å². The van der Waals surface area contributed by atoms with Crippen molar-refractivity contribution >= 4 is 11.8 Å². The highest BCUT2D eigenvalue weighted by Gasteiger charge is 2.27. The summed E-state index contributed by atoms with van der Waals surface area (Å²) in [6.07, 6.45) is 1.13. The number of imide groups is 1. The van der Waals surface area contributed by atoms with Crippen molar-refractivity contribution in [1.82, 2.24) is 4.90 Å². The SMILES string of the molecule is O=C1COCC(=O)N1CCC1OCCCO1. The van der Waals surface area contributed by atoms with E-state index in [1.165, 1.54) is 4.90 Å². The number of hydrogen-bond donors (Lipinski definition) is 0. The van der Waals surface area contributed by atoms with E-state index in [1.807, 2.05) is 0 Å². The van der Waals surface area contributed by atoms with E-state index < -0.39 is 0 Å². The van der Waals surface area contributed by atoms with Crippen LogP contribution >= 0.6 is 0 Å². The summed E-state index contributed by atoms with van der Waals surface area (Å²) in [5.74, 6) is -0.570. The van der Waals surface area contributed by atoms with Crippen LogP contribution in [0.1, 0.15) is 12.8 Å². The van der Waals surface area contributed by atoms with Crippen molar-refractivity contribution in [3.8, 4) is 0 Å². The third kappa shape index (κ3) is 2.78. The van der Waals surface area contributed by atoms with E-state index in [0.29, 0.717) is 26.2 Å². The predicted octanol–water partition coefficient (Wildman–Crippen LogP) is -0.475. The van der Waals surface area contributed by atoms with Crippen molar-refractivity contribution in [2.45, 2.75) is 19.1 Å². The number of rotatable bonds is 3. The van der Waals surface area contributed by atoms with Crippen LogP contribution in [0.3, 0.4) is 0 Å². The summed E-state index contributed by atoms with van der Waals surface area (Å²) in [5, 5.41) is 0. The first-order valence-electron chi connectivity index (χ1n) is 5.41. The fourth-order valence-corrected chi connectivity index (χ4v) is 1.71. The van der Waals surface area contributed by atoms with Crippen LogP contribution in [0.25, 0.3) is 0 Å². The summed E-state index contributed by atoms with van der Waals surface area (Å²) < 4.78 is 15.5. The van der Waals surface area contributed by atoms with Crippen molar-refractivity contribution in [3.05, 3.63) is 0 Å². The molecule has 16 heavy (non-hydrogen) atoms. The zero-order valence-electron chi connectivity index (χ0n) is 9.02. The van der Waals surface area contributed by atoms with Crippen LogP contribution in [0, 0.1) is 0 Å². The van der Waals surface area contributed by atoms with Gasteiger partial charge in [-0.1, -0.05) is 0 Å². The Hall–Kier alpha value is -0.980. The Bertz CT molecular complexity index is 258. The molecule has 0 aromatic rings. The standard InChI is InChI=1S/C10H15NO5/c12-8-6-14-7-9(13)11(8)3-2-10-15-4-1-5-16-10/h10H,1-7H2. The summed E-state index contributed by atoms with van der Waals surface area (Å²) in [6, 6.07) is 0. The predicted molar refractivity (Wildman–Crippen MR) is 52.5 cm³/mol. The molecule has 2 aliphatic heterocycles. The number of morpholine rings is 1. The summed E-state index contributed by atoms with van der Waals surface area (Å²) >= 11 is 0. The lowest BCUT2D eigenvalue weighted by atomic mass is 10.3. The molecule has 0 saturated carbocycles. The number of carbonyl (C=O) groups is 2. The molecular formula is C10H15NO5. The van der Waals surface area contributed by atoms with Crippen LogP contribution in [0.15, 0.2) is 0 Å². The van der Waals surface area contributed by atoms with E-state index in [4.69, 9.17) is 14.2 Å². The molecule has 90 valence electrons. The number of nitrogens with zero attached hydrogens (tertiary/aromatic N) is 1. The molecule has 0 bridgehead atoms. The molecule has 2 aliphatic rings. The van der Waals surface area contributed by atoms with Crippen molar-refractivity contribution in [2.24, 2.45) is 0 Å². The highest BCUT2D eigenvalue weighted by molar-refractivity contribution is 5.98. The van der Waals surface area contributed by atoms with Gasteiger partial charge in [0.1, 0.15) is 13.2 Å². The topological polar surface area (TPSA) is 65.1 Å². The van der Waals surface area contributed by atoms with E-state index in [-0.39, 0.29) is 31.3 Å². The van der Waals surface area contributed by atoms with E-state index in [1.54, 1.807) is 0 Å². The van der Waals surface area contributed by atoms with Crippen molar-refractivity contribution in [2.75, 3.05) is 33.0 Å². The van der Waals surface area contributed by atoms with Gasteiger partial charge in [-0.2, -0.15) is 0 Å². The Kier molecular flexibility index (Phi) is 3.87. The minimum absolute atomic E-state index is 0.0158. The van der Waals surface area contributed by atoms with Crippen LogP contribution in [-0.4, -0.2) is 56.0 Å². The van der Waals surface area contributed by atoms with E-state index in [0.717, 1.165) is 6.42 Å². The van der Waals surface area contributed by atoms with Gasteiger partial charge in [-0.25, -0.2) is 0 Å². The Morgan fingerprint density at radius 1 is 1.12 bits per heavy atom. The summed E-state index contributed by atoms with van der Waals surface area (Å²) in [7, 11) is 0. The van der Waals surface area contributed by atoms with Crippen LogP contribution in [0.4, 0.5) is 0 Å². The van der Waals surface area contributed by atoms with Crippen molar-refractivity contribution < 1.29 is 23.8 Å². The van der Waals surface area contributed by atoms with E-state index >= 15 is 0 Å². The molecule has 6 heteroatoms. The first-order chi connectivity index (χ1) is 7.77. The normalized spacial score (nSPS) is 23.9. The second-order valence-electron chi connectivity index (χ2n) is 3.75. The lowest BCUT2D eigenvalue weighted by Crippen LogP contribution is -2.47. The molecular weight excluding hydrogens is 214 g/mol. The van der Waals surface area contributed by atoms with Crippen LogP contribution < -0.4 is 0 Å². The average Bonchev–Trinajstić information content (AvgIpc) is 2.30. The number of amides is 2. The molecule has 0 aromatic carbocycles. The molecule has 0 aliphatic carbocycles. The molecule has 0 atom stereocenters. The maximum absolute atomic E-state index is 11.4. The molecule has 6 nitrogen and oxygen atoms in total. The third-order valence-electron chi connectivity index (χ3n) is 2.54. The zero-order chi connectivity index (χ0) is 11.4. The summed E-state index contributed by atoms with van der Waals surface area (Å²) in [4.78, 5) is 24.0. The lowest BCUT2D eigenvalue weighted by molar-refractivity contribution is -0.185. The summed E-state index contributed by atoms with van der Waals surface area (Å²) in [5.41, 5.74) is 0. The maximum atomic E-state index is 11.4. The van der Waals surface area contributed by atoms with Crippen molar-refractivity contribution in [1.29, 1.82) is 0 Å². The van der Waals surface area contributed by atoms with Crippen LogP contribution in [0.5, 0.6) is 0 Å². The number of ether oxygens (including phenoxy) is 3. The summed E-state index contributed by atoms with van der Waals surface area (Å²) in [6.45, 7) is 1.66. The molecule has 2 amide bonds. The van der Waals surface area contributed by atoms with Gasteiger partial charge in [-0.05, 0) is 6.42 Å². The van der Waals surface area contributed by atoms with Gasteiger partial charge in [0.05, 0.1) is 13.2 Å². The van der Waals surface area contributed by atoms with Crippen molar-refractivity contribution in [3.63, 3.8) is 0 Å². The van der Waals surface area contributed by atoms with Gasteiger partial charge in [0.15, 0.2) is 6.29 Å².